The van der Waals surface area contributed by atoms with Gasteiger partial charge in [0.1, 0.15) is 0 Å². The van der Waals surface area contributed by atoms with Gasteiger partial charge < -0.3 is 11.2 Å². The maximum atomic E-state index is 10.8. The molecular weight excluding hydrogens is 298 g/mol. The third-order valence-electron chi connectivity index (χ3n) is 2.45. The molecule has 0 atom stereocenters. The number of thioether (sulfide) groups is 1. The zero-order valence-corrected chi connectivity index (χ0v) is 12.4. The van der Waals surface area contributed by atoms with Crippen molar-refractivity contribution in [1.29, 1.82) is 0 Å². The van der Waals surface area contributed by atoms with Crippen LogP contribution in [0, 0.1) is 0 Å². The summed E-state index contributed by atoms with van der Waals surface area (Å²) in [6.45, 7) is 2.03. The largest absolute Gasteiger partial charge is 0.356 e. The maximum Gasteiger partial charge on any atom is 0.216 e. The Morgan fingerprint density at radius 1 is 1.50 bits per heavy atom. The Bertz CT molecular complexity index is 616. The standard InChI is InChI=1S/C12H14ClN5OS/c1-8(19)15-5-6-20-12-17-16-11(18(12)14)9-3-2-4-10(13)7-9/h2-4,7H,5-6,14H2,1H3,(H,15,19). The highest BCUT2D eigenvalue weighted by Crippen LogP contribution is 2.23. The van der Waals surface area contributed by atoms with Crippen LogP contribution in [0.4, 0.5) is 0 Å². The molecule has 1 aromatic carbocycles. The molecule has 0 aliphatic heterocycles. The number of carbonyl (C=O) groups excluding carboxylic acids is 1. The molecule has 2 aromatic rings. The first-order valence-electron chi connectivity index (χ1n) is 5.91. The number of rotatable bonds is 5. The Balaban J connectivity index is 2.05. The van der Waals surface area contributed by atoms with Gasteiger partial charge in [-0.3, -0.25) is 4.79 Å². The smallest absolute Gasteiger partial charge is 0.216 e. The van der Waals surface area contributed by atoms with Crippen LogP contribution in [0.15, 0.2) is 29.4 Å². The number of carbonyl (C=O) groups is 1. The molecule has 1 heterocycles. The fourth-order valence-electron chi connectivity index (χ4n) is 1.57. The van der Waals surface area contributed by atoms with Gasteiger partial charge in [-0.1, -0.05) is 35.5 Å². The minimum absolute atomic E-state index is 0.0561. The van der Waals surface area contributed by atoms with Crippen molar-refractivity contribution < 1.29 is 4.79 Å². The number of halogens is 1. The molecular formula is C12H14ClN5OS. The number of benzene rings is 1. The Labute approximate surface area is 125 Å². The van der Waals surface area contributed by atoms with E-state index in [0.29, 0.717) is 28.3 Å². The summed E-state index contributed by atoms with van der Waals surface area (Å²) in [4.78, 5) is 10.8. The van der Waals surface area contributed by atoms with Gasteiger partial charge in [0.2, 0.25) is 11.1 Å². The number of nitrogens with one attached hydrogen (secondary N) is 1. The lowest BCUT2D eigenvalue weighted by atomic mass is 10.2. The van der Waals surface area contributed by atoms with Gasteiger partial charge in [0.25, 0.3) is 0 Å². The van der Waals surface area contributed by atoms with Gasteiger partial charge in [-0.2, -0.15) is 0 Å². The average molecular weight is 312 g/mol. The molecule has 0 spiro atoms. The Morgan fingerprint density at radius 3 is 3.00 bits per heavy atom. The summed E-state index contributed by atoms with van der Waals surface area (Å²) in [5.41, 5.74) is 0.807. The second-order valence-electron chi connectivity index (χ2n) is 4.02. The SMILES string of the molecule is CC(=O)NCCSc1nnc(-c2cccc(Cl)c2)n1N. The van der Waals surface area contributed by atoms with E-state index in [-0.39, 0.29) is 5.91 Å². The van der Waals surface area contributed by atoms with Crippen molar-refractivity contribution >= 4 is 29.3 Å². The molecule has 1 amide bonds. The fraction of sp³-hybridized carbons (Fsp3) is 0.250. The van der Waals surface area contributed by atoms with Gasteiger partial charge in [-0.25, -0.2) is 4.68 Å². The van der Waals surface area contributed by atoms with Crippen molar-refractivity contribution in [2.45, 2.75) is 12.1 Å². The summed E-state index contributed by atoms with van der Waals surface area (Å²) < 4.78 is 1.42. The minimum atomic E-state index is -0.0561. The molecule has 8 heteroatoms. The first-order valence-corrected chi connectivity index (χ1v) is 7.28. The van der Waals surface area contributed by atoms with Crippen molar-refractivity contribution in [1.82, 2.24) is 20.2 Å². The molecule has 0 aliphatic rings. The molecule has 3 N–H and O–H groups in total. The fourth-order valence-corrected chi connectivity index (χ4v) is 2.47. The van der Waals surface area contributed by atoms with E-state index in [0.717, 1.165) is 5.56 Å². The molecule has 6 nitrogen and oxygen atoms in total. The van der Waals surface area contributed by atoms with Crippen molar-refractivity contribution in [2.24, 2.45) is 0 Å². The van der Waals surface area contributed by atoms with Crippen LogP contribution < -0.4 is 11.2 Å². The van der Waals surface area contributed by atoms with E-state index in [9.17, 15) is 4.79 Å². The quantitative estimate of drug-likeness (QED) is 0.497. The third-order valence-corrected chi connectivity index (χ3v) is 3.63. The van der Waals surface area contributed by atoms with Gasteiger partial charge >= 0.3 is 0 Å². The van der Waals surface area contributed by atoms with Gasteiger partial charge in [-0.05, 0) is 12.1 Å². The van der Waals surface area contributed by atoms with E-state index in [4.69, 9.17) is 17.4 Å². The molecule has 1 aromatic heterocycles. The highest BCUT2D eigenvalue weighted by molar-refractivity contribution is 7.99. The topological polar surface area (TPSA) is 85.8 Å². The van der Waals surface area contributed by atoms with Crippen LogP contribution in [0.1, 0.15) is 6.92 Å². The molecule has 20 heavy (non-hydrogen) atoms. The number of hydrogen-bond acceptors (Lipinski definition) is 5. The van der Waals surface area contributed by atoms with Crippen LogP contribution in [-0.4, -0.2) is 33.1 Å². The highest BCUT2D eigenvalue weighted by Gasteiger charge is 2.12. The summed E-state index contributed by atoms with van der Waals surface area (Å²) >= 11 is 7.37. The van der Waals surface area contributed by atoms with Crippen LogP contribution in [0.3, 0.4) is 0 Å². The summed E-state index contributed by atoms with van der Waals surface area (Å²) in [7, 11) is 0. The number of hydrogen-bond donors (Lipinski definition) is 2. The lowest BCUT2D eigenvalue weighted by Gasteiger charge is -2.04. The van der Waals surface area contributed by atoms with Crippen LogP contribution in [0.2, 0.25) is 5.02 Å². The first kappa shape index (κ1) is 14.7. The van der Waals surface area contributed by atoms with Crippen molar-refractivity contribution in [3.8, 4) is 11.4 Å². The Hall–Kier alpha value is -1.73. The lowest BCUT2D eigenvalue weighted by molar-refractivity contribution is -0.118. The number of nitrogen functional groups attached to an aromatic ring is 1. The predicted molar refractivity (Wildman–Crippen MR) is 80.0 cm³/mol. The molecule has 0 bridgehead atoms. The van der Waals surface area contributed by atoms with Crippen molar-refractivity contribution in [2.75, 3.05) is 18.1 Å². The van der Waals surface area contributed by atoms with Crippen molar-refractivity contribution in [3.63, 3.8) is 0 Å². The van der Waals surface area contributed by atoms with Gasteiger partial charge in [0, 0.05) is 29.8 Å². The highest BCUT2D eigenvalue weighted by atomic mass is 35.5. The normalized spacial score (nSPS) is 10.5. The van der Waals surface area contributed by atoms with Crippen LogP contribution >= 0.6 is 23.4 Å². The van der Waals surface area contributed by atoms with Gasteiger partial charge in [0.15, 0.2) is 5.82 Å². The van der Waals surface area contributed by atoms with E-state index >= 15 is 0 Å². The summed E-state index contributed by atoms with van der Waals surface area (Å²) in [6.07, 6.45) is 0. The maximum absolute atomic E-state index is 10.8. The molecule has 0 saturated carbocycles. The lowest BCUT2D eigenvalue weighted by Crippen LogP contribution is -2.22. The summed E-state index contributed by atoms with van der Waals surface area (Å²) in [5.74, 6) is 7.13. The van der Waals surface area contributed by atoms with E-state index in [1.54, 1.807) is 12.1 Å². The molecule has 0 aliphatic carbocycles. The molecule has 0 saturated heterocycles. The first-order chi connectivity index (χ1) is 9.58. The number of amides is 1. The van der Waals surface area contributed by atoms with Crippen molar-refractivity contribution in [3.05, 3.63) is 29.3 Å². The second-order valence-corrected chi connectivity index (χ2v) is 5.52. The zero-order valence-electron chi connectivity index (χ0n) is 10.8. The molecule has 106 valence electrons. The molecule has 2 rings (SSSR count). The molecule has 0 fully saturated rings. The second kappa shape index (κ2) is 6.62. The minimum Gasteiger partial charge on any atom is -0.356 e. The van der Waals surface area contributed by atoms with E-state index < -0.39 is 0 Å². The van der Waals surface area contributed by atoms with Gasteiger partial charge in [0.05, 0.1) is 0 Å². The number of nitrogens with two attached hydrogens (primary N) is 1. The van der Waals surface area contributed by atoms with Gasteiger partial charge in [-0.15, -0.1) is 10.2 Å². The van der Waals surface area contributed by atoms with Crippen LogP contribution in [0.5, 0.6) is 0 Å². The third kappa shape index (κ3) is 3.64. The van der Waals surface area contributed by atoms with Crippen LogP contribution in [0.25, 0.3) is 11.4 Å². The Kier molecular flexibility index (Phi) is 4.86. The average Bonchev–Trinajstić information content (AvgIpc) is 2.76. The monoisotopic (exact) mass is 311 g/mol. The predicted octanol–water partition coefficient (Wildman–Crippen LogP) is 1.54. The van der Waals surface area contributed by atoms with E-state index in [2.05, 4.69) is 15.5 Å². The Morgan fingerprint density at radius 2 is 2.30 bits per heavy atom. The zero-order chi connectivity index (χ0) is 14.5. The number of nitrogens with zero attached hydrogens (tertiary/aromatic N) is 3. The molecule has 0 radical (unpaired) electrons. The number of aromatic nitrogens is 3. The van der Waals surface area contributed by atoms with Crippen LogP contribution in [-0.2, 0) is 4.79 Å². The summed E-state index contributed by atoms with van der Waals surface area (Å²) in [5, 5.41) is 12.0. The summed E-state index contributed by atoms with van der Waals surface area (Å²) in [6, 6.07) is 7.26. The van der Waals surface area contributed by atoms with E-state index in [1.807, 2.05) is 12.1 Å². The van der Waals surface area contributed by atoms with E-state index in [1.165, 1.54) is 23.4 Å². The molecule has 0 unspecified atom stereocenters.